The van der Waals surface area contributed by atoms with E-state index >= 15 is 0 Å². The lowest BCUT2D eigenvalue weighted by atomic mass is 10.1. The molecule has 0 aliphatic rings. The number of benzene rings is 4. The van der Waals surface area contributed by atoms with Gasteiger partial charge in [-0.05, 0) is 54.8 Å². The molecule has 1 unspecified atom stereocenters. The summed E-state index contributed by atoms with van der Waals surface area (Å²) >= 11 is 1.42. The fraction of sp³-hybridized carbons (Fsp3) is 0.0769. The summed E-state index contributed by atoms with van der Waals surface area (Å²) in [6.07, 6.45) is 0. The number of carbonyl (C=O) groups excluding carboxylic acids is 2. The molecular formula is C26H21FN2O2S. The number of halogens is 1. The first-order valence-electron chi connectivity index (χ1n) is 10.1. The number of thioether (sulfide) groups is 1. The normalized spacial score (nSPS) is 11.7. The Kier molecular flexibility index (Phi) is 6.52. The summed E-state index contributed by atoms with van der Waals surface area (Å²) in [6.45, 7) is 1.85. The first-order chi connectivity index (χ1) is 15.5. The van der Waals surface area contributed by atoms with Crippen LogP contribution in [0.3, 0.4) is 0 Å². The van der Waals surface area contributed by atoms with Crippen molar-refractivity contribution in [3.63, 3.8) is 0 Å². The van der Waals surface area contributed by atoms with E-state index in [1.807, 2.05) is 61.5 Å². The molecule has 6 heteroatoms. The van der Waals surface area contributed by atoms with Gasteiger partial charge in [0.05, 0.1) is 10.8 Å². The molecule has 0 aliphatic carbocycles. The van der Waals surface area contributed by atoms with E-state index in [9.17, 15) is 14.0 Å². The highest BCUT2D eigenvalue weighted by atomic mass is 32.2. The topological polar surface area (TPSA) is 58.2 Å². The van der Waals surface area contributed by atoms with E-state index < -0.39 is 11.7 Å². The van der Waals surface area contributed by atoms with Gasteiger partial charge in [0.25, 0.3) is 5.91 Å². The van der Waals surface area contributed by atoms with E-state index in [0.29, 0.717) is 5.69 Å². The Hall–Kier alpha value is -3.64. The summed E-state index contributed by atoms with van der Waals surface area (Å²) in [5.41, 5.74) is 1.33. The number of nitrogens with one attached hydrogen (secondary N) is 2. The van der Waals surface area contributed by atoms with Gasteiger partial charge in [-0.3, -0.25) is 9.59 Å². The molecule has 0 fully saturated rings. The van der Waals surface area contributed by atoms with E-state index in [2.05, 4.69) is 10.6 Å². The van der Waals surface area contributed by atoms with Gasteiger partial charge >= 0.3 is 0 Å². The molecule has 4 nitrogen and oxygen atoms in total. The fourth-order valence-corrected chi connectivity index (χ4v) is 4.15. The van der Waals surface area contributed by atoms with Crippen LogP contribution in [0.5, 0.6) is 0 Å². The van der Waals surface area contributed by atoms with E-state index in [1.54, 1.807) is 18.2 Å². The number of carbonyl (C=O) groups is 2. The van der Waals surface area contributed by atoms with Crippen molar-refractivity contribution in [3.8, 4) is 0 Å². The van der Waals surface area contributed by atoms with Crippen LogP contribution in [0, 0.1) is 5.82 Å². The van der Waals surface area contributed by atoms with Crippen molar-refractivity contribution < 1.29 is 14.0 Å². The molecule has 0 bridgehead atoms. The van der Waals surface area contributed by atoms with Gasteiger partial charge < -0.3 is 10.6 Å². The van der Waals surface area contributed by atoms with Gasteiger partial charge in [-0.25, -0.2) is 4.39 Å². The molecule has 0 saturated carbocycles. The second-order valence-corrected chi connectivity index (χ2v) is 8.65. The summed E-state index contributed by atoms with van der Waals surface area (Å²) in [6, 6.07) is 26.7. The van der Waals surface area contributed by atoms with Gasteiger partial charge in [-0.1, -0.05) is 48.5 Å². The maximum Gasteiger partial charge on any atom is 0.258 e. The molecule has 4 rings (SSSR count). The average Bonchev–Trinajstić information content (AvgIpc) is 2.81. The Labute approximate surface area is 189 Å². The van der Waals surface area contributed by atoms with Crippen molar-refractivity contribution in [2.24, 2.45) is 0 Å². The molecule has 2 amide bonds. The minimum absolute atomic E-state index is 0.00955. The second kappa shape index (κ2) is 9.66. The van der Waals surface area contributed by atoms with E-state index in [0.717, 1.165) is 21.4 Å². The maximum atomic E-state index is 13.8. The van der Waals surface area contributed by atoms with Gasteiger partial charge in [0.15, 0.2) is 0 Å². The smallest absolute Gasteiger partial charge is 0.258 e. The summed E-state index contributed by atoms with van der Waals surface area (Å²) in [4.78, 5) is 25.9. The third kappa shape index (κ3) is 4.98. The van der Waals surface area contributed by atoms with E-state index in [-0.39, 0.29) is 16.7 Å². The minimum Gasteiger partial charge on any atom is -0.325 e. The highest BCUT2D eigenvalue weighted by molar-refractivity contribution is 8.00. The zero-order chi connectivity index (χ0) is 22.5. The van der Waals surface area contributed by atoms with Crippen LogP contribution in [-0.2, 0) is 4.79 Å². The Balaban J connectivity index is 1.38. The Morgan fingerprint density at radius 3 is 2.28 bits per heavy atom. The van der Waals surface area contributed by atoms with Crippen molar-refractivity contribution in [1.29, 1.82) is 0 Å². The summed E-state index contributed by atoms with van der Waals surface area (Å²) in [5.74, 6) is -1.17. The fourth-order valence-electron chi connectivity index (χ4n) is 3.29. The molecule has 32 heavy (non-hydrogen) atoms. The monoisotopic (exact) mass is 444 g/mol. The summed E-state index contributed by atoms with van der Waals surface area (Å²) < 4.78 is 13.8. The quantitative estimate of drug-likeness (QED) is 0.341. The van der Waals surface area contributed by atoms with Crippen LogP contribution >= 0.6 is 11.8 Å². The third-order valence-corrected chi connectivity index (χ3v) is 6.07. The van der Waals surface area contributed by atoms with Crippen LogP contribution in [0.1, 0.15) is 17.3 Å². The van der Waals surface area contributed by atoms with Gasteiger partial charge in [-0.2, -0.15) is 0 Å². The molecule has 0 heterocycles. The van der Waals surface area contributed by atoms with Crippen molar-refractivity contribution in [1.82, 2.24) is 0 Å². The van der Waals surface area contributed by atoms with Crippen LogP contribution in [0.15, 0.2) is 95.9 Å². The SMILES string of the molecule is CC(Sc1ccc(NC(=O)c2ccccc2F)cc1)C(=O)Nc1cccc2ccccc12. The molecule has 0 radical (unpaired) electrons. The largest absolute Gasteiger partial charge is 0.325 e. The lowest BCUT2D eigenvalue weighted by Crippen LogP contribution is -2.22. The lowest BCUT2D eigenvalue weighted by molar-refractivity contribution is -0.115. The van der Waals surface area contributed by atoms with Gasteiger partial charge in [-0.15, -0.1) is 11.8 Å². The molecule has 0 aromatic heterocycles. The van der Waals surface area contributed by atoms with Crippen molar-refractivity contribution >= 4 is 45.7 Å². The Morgan fingerprint density at radius 2 is 1.50 bits per heavy atom. The molecule has 0 saturated heterocycles. The van der Waals surface area contributed by atoms with Crippen molar-refractivity contribution in [3.05, 3.63) is 102 Å². The lowest BCUT2D eigenvalue weighted by Gasteiger charge is -2.14. The molecule has 160 valence electrons. The average molecular weight is 445 g/mol. The van der Waals surface area contributed by atoms with Gasteiger partial charge in [0.2, 0.25) is 5.91 Å². The van der Waals surface area contributed by atoms with E-state index in [1.165, 1.54) is 30.0 Å². The predicted molar refractivity (Wildman–Crippen MR) is 129 cm³/mol. The van der Waals surface area contributed by atoms with Crippen LogP contribution < -0.4 is 10.6 Å². The summed E-state index contributed by atoms with van der Waals surface area (Å²) in [7, 11) is 0. The minimum atomic E-state index is -0.566. The summed E-state index contributed by atoms with van der Waals surface area (Å²) in [5, 5.41) is 7.44. The first-order valence-corrected chi connectivity index (χ1v) is 11.0. The zero-order valence-electron chi connectivity index (χ0n) is 17.3. The zero-order valence-corrected chi connectivity index (χ0v) is 18.2. The number of amides is 2. The molecule has 1 atom stereocenters. The standard InChI is InChI=1S/C26H21FN2O2S/c1-17(25(30)29-24-12-6-8-18-7-2-3-9-21(18)24)32-20-15-13-19(14-16-20)28-26(31)22-10-4-5-11-23(22)27/h2-17H,1H3,(H,28,31)(H,29,30). The van der Waals surface area contributed by atoms with Crippen LogP contribution in [0.2, 0.25) is 0 Å². The highest BCUT2D eigenvalue weighted by Crippen LogP contribution is 2.28. The maximum absolute atomic E-state index is 13.8. The van der Waals surface area contributed by atoms with Gasteiger partial charge in [0.1, 0.15) is 5.82 Å². The molecular weight excluding hydrogens is 423 g/mol. The van der Waals surface area contributed by atoms with Crippen molar-refractivity contribution in [2.75, 3.05) is 10.6 Å². The van der Waals surface area contributed by atoms with Crippen LogP contribution in [0.25, 0.3) is 10.8 Å². The molecule has 4 aromatic rings. The third-order valence-electron chi connectivity index (χ3n) is 4.96. The first kappa shape index (κ1) is 21.6. The number of rotatable bonds is 6. The van der Waals surface area contributed by atoms with Crippen molar-refractivity contribution in [2.45, 2.75) is 17.1 Å². The number of anilines is 2. The Bertz CT molecular complexity index is 1270. The molecule has 4 aromatic carbocycles. The number of hydrogen-bond donors (Lipinski definition) is 2. The number of fused-ring (bicyclic) bond motifs is 1. The molecule has 0 aliphatic heterocycles. The number of hydrogen-bond acceptors (Lipinski definition) is 3. The van der Waals surface area contributed by atoms with Crippen LogP contribution in [-0.4, -0.2) is 17.1 Å². The van der Waals surface area contributed by atoms with Gasteiger partial charge in [0, 0.05) is 21.7 Å². The molecule has 0 spiro atoms. The molecule has 2 N–H and O–H groups in total. The highest BCUT2D eigenvalue weighted by Gasteiger charge is 2.16. The second-order valence-electron chi connectivity index (χ2n) is 7.23. The van der Waals surface area contributed by atoms with E-state index in [4.69, 9.17) is 0 Å². The Morgan fingerprint density at radius 1 is 0.812 bits per heavy atom. The van der Waals surface area contributed by atoms with Crippen LogP contribution in [0.4, 0.5) is 15.8 Å². The predicted octanol–water partition coefficient (Wildman–Crippen LogP) is 6.35.